The van der Waals surface area contributed by atoms with Gasteiger partial charge in [-0.1, -0.05) is 13.0 Å². The fourth-order valence-corrected chi connectivity index (χ4v) is 1.80. The van der Waals surface area contributed by atoms with Crippen molar-refractivity contribution < 1.29 is 24.2 Å². The molecule has 0 spiro atoms. The standard InChI is InChI=1S/C14H19NO5/c1-9(7-12(16)17)8-15-14(18)13-10(19-2)5-4-6-11(13)20-3/h4-6,9H,7-8H2,1-3H3,(H,15,18)(H,16,17). The van der Waals surface area contributed by atoms with Crippen LogP contribution in [0.4, 0.5) is 0 Å². The Labute approximate surface area is 117 Å². The van der Waals surface area contributed by atoms with E-state index in [2.05, 4.69) is 5.32 Å². The third kappa shape index (κ3) is 4.15. The van der Waals surface area contributed by atoms with Gasteiger partial charge in [-0.2, -0.15) is 0 Å². The molecule has 1 amide bonds. The molecule has 20 heavy (non-hydrogen) atoms. The molecule has 0 radical (unpaired) electrons. The molecule has 1 unspecified atom stereocenters. The molecule has 6 heteroatoms. The highest BCUT2D eigenvalue weighted by Gasteiger charge is 2.18. The smallest absolute Gasteiger partial charge is 0.303 e. The van der Waals surface area contributed by atoms with Crippen molar-refractivity contribution in [2.75, 3.05) is 20.8 Å². The van der Waals surface area contributed by atoms with Gasteiger partial charge in [0.1, 0.15) is 17.1 Å². The predicted molar refractivity (Wildman–Crippen MR) is 73.3 cm³/mol. The number of benzene rings is 1. The molecule has 1 aromatic carbocycles. The van der Waals surface area contributed by atoms with Crippen molar-refractivity contribution in [2.24, 2.45) is 5.92 Å². The fourth-order valence-electron chi connectivity index (χ4n) is 1.80. The van der Waals surface area contributed by atoms with Gasteiger partial charge in [0.05, 0.1) is 14.2 Å². The van der Waals surface area contributed by atoms with E-state index in [1.54, 1.807) is 25.1 Å². The van der Waals surface area contributed by atoms with E-state index in [0.29, 0.717) is 17.1 Å². The summed E-state index contributed by atoms with van der Waals surface area (Å²) in [5.41, 5.74) is 0.306. The van der Waals surface area contributed by atoms with E-state index in [-0.39, 0.29) is 24.8 Å². The monoisotopic (exact) mass is 281 g/mol. The minimum absolute atomic E-state index is 0.00331. The maximum absolute atomic E-state index is 12.2. The number of hydrogen-bond donors (Lipinski definition) is 2. The molecule has 0 saturated heterocycles. The number of ether oxygens (including phenoxy) is 2. The van der Waals surface area contributed by atoms with Crippen LogP contribution in [0, 0.1) is 5.92 Å². The highest BCUT2D eigenvalue weighted by molar-refractivity contribution is 5.99. The van der Waals surface area contributed by atoms with Crippen LogP contribution in [0.2, 0.25) is 0 Å². The van der Waals surface area contributed by atoms with E-state index < -0.39 is 5.97 Å². The third-order valence-electron chi connectivity index (χ3n) is 2.79. The lowest BCUT2D eigenvalue weighted by Crippen LogP contribution is -2.29. The average molecular weight is 281 g/mol. The maximum Gasteiger partial charge on any atom is 0.303 e. The molecule has 0 bridgehead atoms. The van der Waals surface area contributed by atoms with Crippen molar-refractivity contribution in [3.63, 3.8) is 0 Å². The van der Waals surface area contributed by atoms with Crippen LogP contribution in [0.25, 0.3) is 0 Å². The predicted octanol–water partition coefficient (Wildman–Crippen LogP) is 1.54. The van der Waals surface area contributed by atoms with Crippen molar-refractivity contribution >= 4 is 11.9 Å². The summed E-state index contributed by atoms with van der Waals surface area (Å²) in [4.78, 5) is 22.7. The molecule has 0 aliphatic rings. The van der Waals surface area contributed by atoms with Crippen LogP contribution in [-0.2, 0) is 4.79 Å². The van der Waals surface area contributed by atoms with Crippen molar-refractivity contribution in [1.82, 2.24) is 5.32 Å². The minimum atomic E-state index is -0.887. The summed E-state index contributed by atoms with van der Waals surface area (Å²) in [6.45, 7) is 2.03. The van der Waals surface area contributed by atoms with Gasteiger partial charge in [0, 0.05) is 13.0 Å². The molecule has 0 heterocycles. The summed E-state index contributed by atoms with van der Waals surface area (Å²) in [5.74, 6) is -0.573. The number of carbonyl (C=O) groups is 2. The van der Waals surface area contributed by atoms with Gasteiger partial charge in [-0.3, -0.25) is 9.59 Å². The van der Waals surface area contributed by atoms with Gasteiger partial charge in [0.15, 0.2) is 0 Å². The Kier molecular flexibility index (Phi) is 5.83. The van der Waals surface area contributed by atoms with Crippen LogP contribution in [0.5, 0.6) is 11.5 Å². The first-order valence-electron chi connectivity index (χ1n) is 6.20. The molecule has 2 N–H and O–H groups in total. The highest BCUT2D eigenvalue weighted by Crippen LogP contribution is 2.27. The van der Waals surface area contributed by atoms with Crippen LogP contribution in [0.1, 0.15) is 23.7 Å². The van der Waals surface area contributed by atoms with Crippen molar-refractivity contribution in [1.29, 1.82) is 0 Å². The fraction of sp³-hybridized carbons (Fsp3) is 0.429. The zero-order chi connectivity index (χ0) is 15.1. The molecule has 0 aliphatic carbocycles. The van der Waals surface area contributed by atoms with E-state index in [1.165, 1.54) is 14.2 Å². The molecule has 0 aromatic heterocycles. The average Bonchev–Trinajstić information content (AvgIpc) is 2.42. The van der Waals surface area contributed by atoms with Gasteiger partial charge in [-0.25, -0.2) is 0 Å². The van der Waals surface area contributed by atoms with Gasteiger partial charge < -0.3 is 19.9 Å². The number of amides is 1. The van der Waals surface area contributed by atoms with Crippen molar-refractivity contribution in [3.05, 3.63) is 23.8 Å². The van der Waals surface area contributed by atoms with Crippen LogP contribution >= 0.6 is 0 Å². The van der Waals surface area contributed by atoms with Gasteiger partial charge in [-0.05, 0) is 18.1 Å². The van der Waals surface area contributed by atoms with Gasteiger partial charge in [0.2, 0.25) is 0 Å². The first kappa shape index (κ1) is 15.8. The number of carboxylic acids is 1. The molecule has 1 aromatic rings. The largest absolute Gasteiger partial charge is 0.496 e. The zero-order valence-corrected chi connectivity index (χ0v) is 11.8. The first-order valence-corrected chi connectivity index (χ1v) is 6.20. The highest BCUT2D eigenvalue weighted by atomic mass is 16.5. The van der Waals surface area contributed by atoms with Crippen LogP contribution < -0.4 is 14.8 Å². The van der Waals surface area contributed by atoms with E-state index in [1.807, 2.05) is 0 Å². The normalized spacial score (nSPS) is 11.6. The van der Waals surface area contributed by atoms with E-state index in [9.17, 15) is 9.59 Å². The summed E-state index contributed by atoms with van der Waals surface area (Å²) < 4.78 is 10.3. The Bertz CT molecular complexity index is 464. The Morgan fingerprint density at radius 2 is 1.80 bits per heavy atom. The van der Waals surface area contributed by atoms with E-state index in [4.69, 9.17) is 14.6 Å². The second kappa shape index (κ2) is 7.37. The lowest BCUT2D eigenvalue weighted by atomic mass is 10.1. The second-order valence-electron chi connectivity index (χ2n) is 4.45. The number of hydrogen-bond acceptors (Lipinski definition) is 4. The van der Waals surface area contributed by atoms with Gasteiger partial charge in [-0.15, -0.1) is 0 Å². The first-order chi connectivity index (χ1) is 9.49. The molecule has 1 atom stereocenters. The van der Waals surface area contributed by atoms with Crippen molar-refractivity contribution in [3.8, 4) is 11.5 Å². The number of carbonyl (C=O) groups excluding carboxylic acids is 1. The summed E-state index contributed by atoms with van der Waals surface area (Å²) in [5, 5.41) is 11.4. The quantitative estimate of drug-likeness (QED) is 0.792. The van der Waals surface area contributed by atoms with E-state index >= 15 is 0 Å². The number of nitrogens with one attached hydrogen (secondary N) is 1. The van der Waals surface area contributed by atoms with E-state index in [0.717, 1.165) is 0 Å². The summed E-state index contributed by atoms with van der Waals surface area (Å²) in [7, 11) is 2.94. The number of aliphatic carboxylic acids is 1. The summed E-state index contributed by atoms with van der Waals surface area (Å²) in [6.07, 6.45) is 0.00331. The minimum Gasteiger partial charge on any atom is -0.496 e. The molecular formula is C14H19NO5. The SMILES string of the molecule is COc1cccc(OC)c1C(=O)NCC(C)CC(=O)O. The van der Waals surface area contributed by atoms with Crippen LogP contribution in [0.15, 0.2) is 18.2 Å². The molecule has 110 valence electrons. The Hall–Kier alpha value is -2.24. The van der Waals surface area contributed by atoms with Crippen LogP contribution in [0.3, 0.4) is 0 Å². The number of carboxylic acid groups (broad SMARTS) is 1. The molecule has 0 saturated carbocycles. The van der Waals surface area contributed by atoms with Crippen LogP contribution in [-0.4, -0.2) is 37.7 Å². The molecule has 1 rings (SSSR count). The second-order valence-corrected chi connectivity index (χ2v) is 4.45. The summed E-state index contributed by atoms with van der Waals surface area (Å²) in [6, 6.07) is 5.05. The summed E-state index contributed by atoms with van der Waals surface area (Å²) >= 11 is 0. The van der Waals surface area contributed by atoms with Gasteiger partial charge >= 0.3 is 5.97 Å². The molecule has 0 fully saturated rings. The number of methoxy groups -OCH3 is 2. The number of rotatable bonds is 7. The molecule has 0 aliphatic heterocycles. The van der Waals surface area contributed by atoms with Crippen molar-refractivity contribution in [2.45, 2.75) is 13.3 Å². The Morgan fingerprint density at radius 3 is 2.25 bits per heavy atom. The molecule has 6 nitrogen and oxygen atoms in total. The maximum atomic E-state index is 12.2. The lowest BCUT2D eigenvalue weighted by Gasteiger charge is -2.14. The molecular weight excluding hydrogens is 262 g/mol. The lowest BCUT2D eigenvalue weighted by molar-refractivity contribution is -0.137. The van der Waals surface area contributed by atoms with Gasteiger partial charge in [0.25, 0.3) is 5.91 Å². The third-order valence-corrected chi connectivity index (χ3v) is 2.79. The Balaban J connectivity index is 2.79. The topological polar surface area (TPSA) is 84.9 Å². The zero-order valence-electron chi connectivity index (χ0n) is 11.8. The Morgan fingerprint density at radius 1 is 1.25 bits per heavy atom.